The lowest BCUT2D eigenvalue weighted by atomic mass is 10.2. The largest absolute Gasteiger partial charge is 0.487 e. The molecule has 102 valence electrons. The summed E-state index contributed by atoms with van der Waals surface area (Å²) in [5.41, 5.74) is 0.139. The summed E-state index contributed by atoms with van der Waals surface area (Å²) in [5, 5.41) is 11.4. The first kappa shape index (κ1) is 14.1. The van der Waals surface area contributed by atoms with Gasteiger partial charge < -0.3 is 19.9 Å². The number of hydrogen-bond donors (Lipinski definition) is 2. The molecule has 8 heteroatoms. The van der Waals surface area contributed by atoms with Gasteiger partial charge in [-0.1, -0.05) is 0 Å². The Labute approximate surface area is 125 Å². The van der Waals surface area contributed by atoms with Crippen molar-refractivity contribution in [1.29, 1.82) is 0 Å². The van der Waals surface area contributed by atoms with Crippen molar-refractivity contribution >= 4 is 43.9 Å². The van der Waals surface area contributed by atoms with E-state index in [0.29, 0.717) is 21.2 Å². The normalized spacial score (nSPS) is 17.8. The zero-order chi connectivity index (χ0) is 14.0. The number of carbonyl (C=O) groups is 2. The molecule has 0 aliphatic carbocycles. The number of carboxylic acids is 1. The summed E-state index contributed by atoms with van der Waals surface area (Å²) in [6, 6.07) is 2.89. The van der Waals surface area contributed by atoms with Gasteiger partial charge >= 0.3 is 12.1 Å². The smallest absolute Gasteiger partial charge is 0.407 e. The van der Waals surface area contributed by atoms with Gasteiger partial charge in [0.1, 0.15) is 12.4 Å². The lowest BCUT2D eigenvalue weighted by Gasteiger charge is -2.13. The molecule has 1 fully saturated rings. The molecule has 1 saturated heterocycles. The Kier molecular flexibility index (Phi) is 4.31. The lowest BCUT2D eigenvalue weighted by molar-refractivity contribution is 0.0696. The van der Waals surface area contributed by atoms with Gasteiger partial charge in [-0.25, -0.2) is 9.59 Å². The number of cyclic esters (lactones) is 1. The van der Waals surface area contributed by atoms with Gasteiger partial charge in [-0.05, 0) is 44.0 Å². The molecule has 1 aliphatic heterocycles. The third kappa shape index (κ3) is 3.38. The van der Waals surface area contributed by atoms with Crippen LogP contribution in [-0.2, 0) is 4.74 Å². The molecule has 0 radical (unpaired) electrons. The van der Waals surface area contributed by atoms with Crippen molar-refractivity contribution in [3.05, 3.63) is 26.6 Å². The maximum absolute atomic E-state index is 10.9. The Hall–Kier alpha value is -1.28. The maximum atomic E-state index is 10.9. The number of aromatic carboxylic acids is 1. The van der Waals surface area contributed by atoms with Crippen molar-refractivity contribution in [2.45, 2.75) is 6.10 Å². The molecule has 1 unspecified atom stereocenters. The summed E-state index contributed by atoms with van der Waals surface area (Å²) in [4.78, 5) is 21.7. The summed E-state index contributed by atoms with van der Waals surface area (Å²) >= 11 is 6.49. The highest BCUT2D eigenvalue weighted by Gasteiger charge is 2.24. The molecule has 1 aromatic carbocycles. The number of ether oxygens (including phenoxy) is 2. The lowest BCUT2D eigenvalue weighted by Crippen LogP contribution is -2.22. The minimum absolute atomic E-state index is 0.139. The Bertz CT molecular complexity index is 511. The summed E-state index contributed by atoms with van der Waals surface area (Å²) in [6.07, 6.45) is -0.821. The third-order valence-electron chi connectivity index (χ3n) is 2.41. The predicted molar refractivity (Wildman–Crippen MR) is 72.6 cm³/mol. The quantitative estimate of drug-likeness (QED) is 0.818. The highest BCUT2D eigenvalue weighted by Crippen LogP contribution is 2.35. The Morgan fingerprint density at radius 1 is 1.47 bits per heavy atom. The molecule has 2 rings (SSSR count). The first-order chi connectivity index (χ1) is 8.97. The summed E-state index contributed by atoms with van der Waals surface area (Å²) in [6.45, 7) is 0.573. The second-order valence-electron chi connectivity index (χ2n) is 3.79. The van der Waals surface area contributed by atoms with Crippen LogP contribution in [0.1, 0.15) is 10.4 Å². The fourth-order valence-corrected chi connectivity index (χ4v) is 2.94. The van der Waals surface area contributed by atoms with E-state index in [2.05, 4.69) is 37.2 Å². The first-order valence-corrected chi connectivity index (χ1v) is 6.85. The topological polar surface area (TPSA) is 84.9 Å². The number of benzene rings is 1. The Balaban J connectivity index is 2.08. The molecular formula is C11H9Br2NO5. The molecule has 0 saturated carbocycles. The molecule has 1 atom stereocenters. The van der Waals surface area contributed by atoms with Crippen LogP contribution in [0.15, 0.2) is 21.1 Å². The third-order valence-corrected chi connectivity index (χ3v) is 3.58. The van der Waals surface area contributed by atoms with E-state index in [1.807, 2.05) is 0 Å². The SMILES string of the molecule is O=C1NCC(COc2c(Br)cc(C(=O)O)cc2Br)O1. The monoisotopic (exact) mass is 393 g/mol. The van der Waals surface area contributed by atoms with Crippen molar-refractivity contribution in [3.63, 3.8) is 0 Å². The molecule has 0 aromatic heterocycles. The van der Waals surface area contributed by atoms with Gasteiger partial charge in [0.25, 0.3) is 0 Å². The van der Waals surface area contributed by atoms with E-state index in [0.717, 1.165) is 0 Å². The van der Waals surface area contributed by atoms with Crippen molar-refractivity contribution in [1.82, 2.24) is 5.32 Å². The number of nitrogens with one attached hydrogen (secondary N) is 1. The molecule has 2 N–H and O–H groups in total. The molecule has 0 bridgehead atoms. The van der Waals surface area contributed by atoms with Gasteiger partial charge in [0, 0.05) is 0 Å². The Morgan fingerprint density at radius 3 is 2.58 bits per heavy atom. The van der Waals surface area contributed by atoms with Gasteiger partial charge in [0.2, 0.25) is 0 Å². The molecule has 0 spiro atoms. The van der Waals surface area contributed by atoms with Gasteiger partial charge in [-0.15, -0.1) is 0 Å². The standard InChI is InChI=1S/C11H9Br2NO5/c12-7-1-5(10(15)16)2-8(13)9(7)18-4-6-3-14-11(17)19-6/h1-2,6H,3-4H2,(H,14,17)(H,15,16). The van der Waals surface area contributed by atoms with Crippen LogP contribution < -0.4 is 10.1 Å². The molecule has 1 amide bonds. The van der Waals surface area contributed by atoms with Crippen LogP contribution in [-0.4, -0.2) is 36.4 Å². The van der Waals surface area contributed by atoms with Crippen molar-refractivity contribution in [3.8, 4) is 5.75 Å². The zero-order valence-corrected chi connectivity index (χ0v) is 12.7. The van der Waals surface area contributed by atoms with Crippen LogP contribution in [0.4, 0.5) is 4.79 Å². The van der Waals surface area contributed by atoms with E-state index in [1.54, 1.807) is 0 Å². The number of carbonyl (C=O) groups excluding carboxylic acids is 1. The first-order valence-electron chi connectivity index (χ1n) is 5.27. The number of hydrogen-bond acceptors (Lipinski definition) is 4. The predicted octanol–water partition coefficient (Wildman–Crippen LogP) is 2.40. The molecule has 19 heavy (non-hydrogen) atoms. The van der Waals surface area contributed by atoms with Crippen molar-refractivity contribution in [2.24, 2.45) is 0 Å². The van der Waals surface area contributed by atoms with Crippen LogP contribution in [0.2, 0.25) is 0 Å². The van der Waals surface area contributed by atoms with Crippen molar-refractivity contribution < 1.29 is 24.2 Å². The number of amides is 1. The maximum Gasteiger partial charge on any atom is 0.407 e. The molecular weight excluding hydrogens is 386 g/mol. The highest BCUT2D eigenvalue weighted by atomic mass is 79.9. The van der Waals surface area contributed by atoms with E-state index in [-0.39, 0.29) is 18.3 Å². The fraction of sp³-hybridized carbons (Fsp3) is 0.273. The summed E-state index contributed by atoms with van der Waals surface area (Å²) < 4.78 is 11.5. The van der Waals surface area contributed by atoms with Crippen molar-refractivity contribution in [2.75, 3.05) is 13.2 Å². The molecule has 1 aromatic rings. The van der Waals surface area contributed by atoms with E-state index < -0.39 is 12.1 Å². The average molecular weight is 395 g/mol. The summed E-state index contributed by atoms with van der Waals surface area (Å²) in [7, 11) is 0. The summed E-state index contributed by atoms with van der Waals surface area (Å²) in [5.74, 6) is -0.560. The second-order valence-corrected chi connectivity index (χ2v) is 5.50. The number of alkyl carbamates (subject to hydrolysis) is 1. The minimum atomic E-state index is -1.03. The van der Waals surface area contributed by atoms with Crippen LogP contribution >= 0.6 is 31.9 Å². The van der Waals surface area contributed by atoms with Gasteiger partial charge in [0.05, 0.1) is 21.1 Å². The minimum Gasteiger partial charge on any atom is -0.487 e. The molecule has 1 aliphatic rings. The number of halogens is 2. The highest BCUT2D eigenvalue weighted by molar-refractivity contribution is 9.11. The van der Waals surface area contributed by atoms with E-state index in [1.165, 1.54) is 12.1 Å². The van der Waals surface area contributed by atoms with Crippen LogP contribution in [0.3, 0.4) is 0 Å². The van der Waals surface area contributed by atoms with Gasteiger partial charge in [-0.2, -0.15) is 0 Å². The van der Waals surface area contributed by atoms with E-state index in [9.17, 15) is 9.59 Å². The average Bonchev–Trinajstić information content (AvgIpc) is 2.73. The second kappa shape index (κ2) is 5.79. The molecule has 6 nitrogen and oxygen atoms in total. The van der Waals surface area contributed by atoms with E-state index >= 15 is 0 Å². The van der Waals surface area contributed by atoms with E-state index in [4.69, 9.17) is 14.6 Å². The zero-order valence-electron chi connectivity index (χ0n) is 9.48. The van der Waals surface area contributed by atoms with Crippen LogP contribution in [0.25, 0.3) is 0 Å². The fourth-order valence-electron chi connectivity index (χ4n) is 1.52. The Morgan fingerprint density at radius 2 is 2.11 bits per heavy atom. The van der Waals surface area contributed by atoms with Crippen LogP contribution in [0.5, 0.6) is 5.75 Å². The number of rotatable bonds is 4. The number of carboxylic acid groups (broad SMARTS) is 1. The van der Waals surface area contributed by atoms with Crippen LogP contribution in [0, 0.1) is 0 Å². The van der Waals surface area contributed by atoms with Gasteiger partial charge in [-0.3, -0.25) is 0 Å². The molecule has 1 heterocycles. The van der Waals surface area contributed by atoms with Gasteiger partial charge in [0.15, 0.2) is 6.10 Å².